The van der Waals surface area contributed by atoms with Crippen LogP contribution < -0.4 is 0 Å². The zero-order valence-corrected chi connectivity index (χ0v) is 32.8. The molecule has 0 aliphatic rings. The van der Waals surface area contributed by atoms with Gasteiger partial charge in [-0.3, -0.25) is 9.59 Å². The molecule has 0 heterocycles. The average Bonchev–Trinajstić information content (AvgIpc) is 3.07. The second-order valence-electron chi connectivity index (χ2n) is 14.7. The van der Waals surface area contributed by atoms with Crippen molar-refractivity contribution in [3.05, 3.63) is 24.3 Å². The molecule has 0 spiro atoms. The lowest BCUT2D eigenvalue weighted by molar-refractivity contribution is -0.142. The van der Waals surface area contributed by atoms with E-state index in [-0.39, 0.29) is 24.3 Å². The van der Waals surface area contributed by atoms with Crippen LogP contribution in [-0.2, 0) is 9.59 Å². The second kappa shape index (κ2) is 35.4. The van der Waals surface area contributed by atoms with E-state index in [1.54, 1.807) is 4.90 Å². The molecule has 282 valence electrons. The first-order valence-electron chi connectivity index (χ1n) is 20.8. The third-order valence-electron chi connectivity index (χ3n) is 9.92. The van der Waals surface area contributed by atoms with Crippen LogP contribution in [0.25, 0.3) is 0 Å². The number of rotatable bonds is 36. The molecule has 5 heteroatoms. The molecule has 2 atom stereocenters. The SMILES string of the molecule is CCCCCCCCC=CCCCCCCCC(=O)C(CO)N(CC(C)N(C)C)C(=O)CCCCCCCC=CCCCCCCCC. The van der Waals surface area contributed by atoms with Crippen molar-refractivity contribution in [1.29, 1.82) is 0 Å². The Morgan fingerprint density at radius 1 is 0.542 bits per heavy atom. The number of aliphatic hydroxyl groups is 1. The molecule has 48 heavy (non-hydrogen) atoms. The first kappa shape index (κ1) is 46.5. The summed E-state index contributed by atoms with van der Waals surface area (Å²) in [5, 5.41) is 10.3. The number of ketones is 1. The molecule has 0 bridgehead atoms. The van der Waals surface area contributed by atoms with E-state index in [1.165, 1.54) is 116 Å². The van der Waals surface area contributed by atoms with Gasteiger partial charge in [0.25, 0.3) is 0 Å². The summed E-state index contributed by atoms with van der Waals surface area (Å²) in [5.41, 5.74) is 0. The number of carbonyl (C=O) groups is 2. The van der Waals surface area contributed by atoms with Crippen molar-refractivity contribution < 1.29 is 14.7 Å². The Morgan fingerprint density at radius 2 is 0.896 bits per heavy atom. The molecule has 1 amide bonds. The van der Waals surface area contributed by atoms with Gasteiger partial charge in [-0.25, -0.2) is 0 Å². The summed E-state index contributed by atoms with van der Waals surface area (Å²) in [6.45, 7) is 6.79. The number of aliphatic hydroxyl groups excluding tert-OH is 1. The molecule has 2 unspecified atom stereocenters. The molecule has 0 aliphatic heterocycles. The van der Waals surface area contributed by atoms with E-state index in [0.717, 1.165) is 51.4 Å². The molecule has 5 nitrogen and oxygen atoms in total. The zero-order chi connectivity index (χ0) is 35.5. The third kappa shape index (κ3) is 28.4. The van der Waals surface area contributed by atoms with Crippen molar-refractivity contribution in [3.8, 4) is 0 Å². The summed E-state index contributed by atoms with van der Waals surface area (Å²) in [4.78, 5) is 30.4. The number of Topliss-reactive ketones (excluding diaryl/α,β-unsaturated/α-hetero) is 1. The van der Waals surface area contributed by atoms with Crippen LogP contribution in [-0.4, -0.2) is 65.9 Å². The normalized spacial score (nSPS) is 13.2. The lowest BCUT2D eigenvalue weighted by atomic mass is 10.0. The van der Waals surface area contributed by atoms with Crippen LogP contribution >= 0.6 is 0 Å². The van der Waals surface area contributed by atoms with Gasteiger partial charge in [0.15, 0.2) is 5.78 Å². The molecular weight excluding hydrogens is 592 g/mol. The first-order chi connectivity index (χ1) is 23.4. The Labute approximate surface area is 299 Å². The highest BCUT2D eigenvalue weighted by atomic mass is 16.3. The fourth-order valence-electron chi connectivity index (χ4n) is 6.25. The molecule has 0 rings (SSSR count). The van der Waals surface area contributed by atoms with E-state index in [1.807, 2.05) is 14.1 Å². The number of amides is 1. The van der Waals surface area contributed by atoms with Crippen LogP contribution in [0.5, 0.6) is 0 Å². The summed E-state index contributed by atoms with van der Waals surface area (Å²) in [7, 11) is 4.00. The Morgan fingerprint density at radius 3 is 1.27 bits per heavy atom. The maximum absolute atomic E-state index is 13.4. The summed E-state index contributed by atoms with van der Waals surface area (Å²) >= 11 is 0. The predicted octanol–water partition coefficient (Wildman–Crippen LogP) is 11.8. The van der Waals surface area contributed by atoms with Crippen LogP contribution in [0.2, 0.25) is 0 Å². The Balaban J connectivity index is 4.30. The van der Waals surface area contributed by atoms with Crippen LogP contribution in [0, 0.1) is 0 Å². The van der Waals surface area contributed by atoms with Gasteiger partial charge in [0.05, 0.1) is 6.61 Å². The highest BCUT2D eigenvalue weighted by Gasteiger charge is 2.30. The standard InChI is InChI=1S/C43H82N2O3/c1-6-8-10-12-14-16-18-20-22-24-26-28-30-32-34-36-42(47)41(39-46)45(38-40(3)44(4)5)43(48)37-35-33-31-29-27-25-23-21-19-17-15-13-11-9-7-2/h20-23,40-41,46H,6-19,24-39H2,1-5H3. The van der Waals surface area contributed by atoms with Crippen molar-refractivity contribution in [2.75, 3.05) is 27.2 Å². The van der Waals surface area contributed by atoms with Gasteiger partial charge in [0, 0.05) is 25.4 Å². The Bertz CT molecular complexity index is 778. The van der Waals surface area contributed by atoms with Crippen LogP contribution in [0.1, 0.15) is 201 Å². The van der Waals surface area contributed by atoms with Crippen LogP contribution in [0.15, 0.2) is 24.3 Å². The molecule has 0 radical (unpaired) electrons. The molecular formula is C43H82N2O3. The number of hydrogen-bond donors (Lipinski definition) is 1. The van der Waals surface area contributed by atoms with Crippen molar-refractivity contribution in [3.63, 3.8) is 0 Å². The minimum Gasteiger partial charge on any atom is -0.394 e. The van der Waals surface area contributed by atoms with Gasteiger partial charge in [-0.15, -0.1) is 0 Å². The largest absolute Gasteiger partial charge is 0.394 e. The Kier molecular flexibility index (Phi) is 34.3. The molecule has 0 aromatic heterocycles. The second-order valence-corrected chi connectivity index (χ2v) is 14.7. The fourth-order valence-corrected chi connectivity index (χ4v) is 6.25. The van der Waals surface area contributed by atoms with Gasteiger partial charge in [-0.05, 0) is 85.2 Å². The van der Waals surface area contributed by atoms with Crippen molar-refractivity contribution >= 4 is 11.7 Å². The summed E-state index contributed by atoms with van der Waals surface area (Å²) in [6, 6.07) is -0.607. The Hall–Kier alpha value is -1.46. The van der Waals surface area contributed by atoms with Gasteiger partial charge in [0.1, 0.15) is 6.04 Å². The lowest BCUT2D eigenvalue weighted by Crippen LogP contribution is -2.51. The summed E-state index contributed by atoms with van der Waals surface area (Å²) < 4.78 is 0. The highest BCUT2D eigenvalue weighted by molar-refractivity contribution is 5.89. The number of allylic oxidation sites excluding steroid dienone is 4. The maximum Gasteiger partial charge on any atom is 0.223 e. The van der Waals surface area contributed by atoms with E-state index >= 15 is 0 Å². The van der Waals surface area contributed by atoms with Crippen LogP contribution in [0.4, 0.5) is 0 Å². The van der Waals surface area contributed by atoms with E-state index in [2.05, 4.69) is 50.0 Å². The number of carbonyl (C=O) groups excluding carboxylic acids is 2. The van der Waals surface area contributed by atoms with Gasteiger partial charge in [0.2, 0.25) is 5.91 Å². The molecule has 0 saturated carbocycles. The number of nitrogens with zero attached hydrogens (tertiary/aromatic N) is 2. The fraction of sp³-hybridized carbons (Fsp3) is 0.860. The molecule has 0 fully saturated rings. The molecule has 0 aliphatic carbocycles. The van der Waals surface area contributed by atoms with Crippen molar-refractivity contribution in [1.82, 2.24) is 9.80 Å². The van der Waals surface area contributed by atoms with Gasteiger partial charge in [-0.2, -0.15) is 0 Å². The highest BCUT2D eigenvalue weighted by Crippen LogP contribution is 2.16. The maximum atomic E-state index is 13.4. The topological polar surface area (TPSA) is 60.9 Å². The average molecular weight is 675 g/mol. The minimum atomic E-state index is -0.722. The zero-order valence-electron chi connectivity index (χ0n) is 32.8. The van der Waals surface area contributed by atoms with Crippen molar-refractivity contribution in [2.45, 2.75) is 213 Å². The number of likely N-dealkylation sites (N-methyl/N-ethyl adjacent to an activating group) is 1. The molecule has 0 aromatic carbocycles. The minimum absolute atomic E-state index is 0.0123. The van der Waals surface area contributed by atoms with Gasteiger partial charge >= 0.3 is 0 Å². The van der Waals surface area contributed by atoms with E-state index in [0.29, 0.717) is 19.4 Å². The smallest absolute Gasteiger partial charge is 0.223 e. The predicted molar refractivity (Wildman–Crippen MR) is 210 cm³/mol. The number of hydrogen-bond acceptors (Lipinski definition) is 4. The van der Waals surface area contributed by atoms with E-state index in [4.69, 9.17) is 0 Å². The lowest BCUT2D eigenvalue weighted by Gasteiger charge is -2.34. The van der Waals surface area contributed by atoms with Gasteiger partial charge in [-0.1, -0.05) is 141 Å². The van der Waals surface area contributed by atoms with Crippen molar-refractivity contribution in [2.24, 2.45) is 0 Å². The van der Waals surface area contributed by atoms with E-state index in [9.17, 15) is 14.7 Å². The first-order valence-corrected chi connectivity index (χ1v) is 20.8. The summed E-state index contributed by atoms with van der Waals surface area (Å²) in [5.74, 6) is 0.0252. The molecule has 0 aromatic rings. The monoisotopic (exact) mass is 675 g/mol. The quantitative estimate of drug-likeness (QED) is 0.0531. The van der Waals surface area contributed by atoms with Crippen LogP contribution in [0.3, 0.4) is 0 Å². The molecule has 0 saturated heterocycles. The molecule has 1 N–H and O–H groups in total. The van der Waals surface area contributed by atoms with Gasteiger partial charge < -0.3 is 14.9 Å². The number of unbranched alkanes of at least 4 members (excludes halogenated alkanes) is 22. The van der Waals surface area contributed by atoms with E-state index < -0.39 is 6.04 Å². The summed E-state index contributed by atoms with van der Waals surface area (Å²) in [6.07, 6.45) is 42.2. The third-order valence-corrected chi connectivity index (χ3v) is 9.92.